The third-order valence-corrected chi connectivity index (χ3v) is 2.99. The van der Waals surface area contributed by atoms with Gasteiger partial charge in [-0.15, -0.1) is 0 Å². The topological polar surface area (TPSA) is 68.0 Å². The molecule has 2 aromatic heterocycles. The molecule has 0 atom stereocenters. The first-order valence-electron chi connectivity index (χ1n) is 5.54. The maximum absolute atomic E-state index is 11.9. The van der Waals surface area contributed by atoms with Gasteiger partial charge in [0.25, 0.3) is 5.56 Å². The molecule has 0 aromatic carbocycles. The van der Waals surface area contributed by atoms with Gasteiger partial charge in [-0.2, -0.15) is 0 Å². The van der Waals surface area contributed by atoms with Crippen molar-refractivity contribution in [3.05, 3.63) is 28.7 Å². The van der Waals surface area contributed by atoms with Crippen molar-refractivity contribution in [1.82, 2.24) is 14.5 Å². The van der Waals surface area contributed by atoms with Crippen LogP contribution >= 0.6 is 11.8 Å². The lowest BCUT2D eigenvalue weighted by Gasteiger charge is -2.19. The summed E-state index contributed by atoms with van der Waals surface area (Å²) in [6, 6.07) is 3.17. The first kappa shape index (κ1) is 13.0. The van der Waals surface area contributed by atoms with Gasteiger partial charge in [-0.05, 0) is 26.2 Å². The Morgan fingerprint density at radius 1 is 1.44 bits per heavy atom. The summed E-state index contributed by atoms with van der Waals surface area (Å²) in [5.74, 6) is 0. The molecule has 0 aliphatic heterocycles. The molecule has 6 heteroatoms. The van der Waals surface area contributed by atoms with Crippen LogP contribution in [0.3, 0.4) is 0 Å². The lowest BCUT2D eigenvalue weighted by Crippen LogP contribution is -2.33. The quantitative estimate of drug-likeness (QED) is 0.669. The molecule has 5 nitrogen and oxygen atoms in total. The molecular formula is C12H15N3O2S. The molecule has 1 N–H and O–H groups in total. The molecule has 18 heavy (non-hydrogen) atoms. The van der Waals surface area contributed by atoms with Gasteiger partial charge in [-0.3, -0.25) is 9.36 Å². The van der Waals surface area contributed by atoms with E-state index in [9.17, 15) is 9.90 Å². The predicted molar refractivity (Wildman–Crippen MR) is 71.9 cm³/mol. The van der Waals surface area contributed by atoms with Crippen LogP contribution in [0.15, 0.2) is 28.3 Å². The van der Waals surface area contributed by atoms with Crippen molar-refractivity contribution in [2.45, 2.75) is 31.1 Å². The van der Waals surface area contributed by atoms with Gasteiger partial charge in [0.05, 0.1) is 12.1 Å². The molecule has 0 saturated carbocycles. The molecule has 96 valence electrons. The summed E-state index contributed by atoms with van der Waals surface area (Å²) in [6.45, 7) is 3.53. The van der Waals surface area contributed by atoms with E-state index in [0.29, 0.717) is 10.8 Å². The zero-order valence-corrected chi connectivity index (χ0v) is 11.4. The van der Waals surface area contributed by atoms with Crippen LogP contribution in [0.2, 0.25) is 0 Å². The minimum absolute atomic E-state index is 0.171. The first-order chi connectivity index (χ1) is 8.40. The highest BCUT2D eigenvalue weighted by Crippen LogP contribution is 2.15. The van der Waals surface area contributed by atoms with Crippen molar-refractivity contribution in [3.63, 3.8) is 0 Å². The smallest absolute Gasteiger partial charge is 0.252 e. The van der Waals surface area contributed by atoms with Crippen LogP contribution in [0.1, 0.15) is 13.8 Å². The summed E-state index contributed by atoms with van der Waals surface area (Å²) in [7, 11) is 0. The van der Waals surface area contributed by atoms with Crippen LogP contribution in [0.25, 0.3) is 11.0 Å². The summed E-state index contributed by atoms with van der Waals surface area (Å²) >= 11 is 1.42. The SMILES string of the molecule is CSc1ncc2ccc(=O)n(CC(C)(C)O)c2n1. The second kappa shape index (κ2) is 4.70. The average molecular weight is 265 g/mol. The van der Waals surface area contributed by atoms with Crippen molar-refractivity contribution < 1.29 is 5.11 Å². The molecular weight excluding hydrogens is 250 g/mol. The largest absolute Gasteiger partial charge is 0.389 e. The van der Waals surface area contributed by atoms with Crippen molar-refractivity contribution in [2.75, 3.05) is 6.26 Å². The summed E-state index contributed by atoms with van der Waals surface area (Å²) < 4.78 is 1.48. The van der Waals surface area contributed by atoms with E-state index < -0.39 is 5.60 Å². The molecule has 0 aliphatic rings. The van der Waals surface area contributed by atoms with E-state index in [0.717, 1.165) is 5.39 Å². The molecule has 2 aromatic rings. The lowest BCUT2D eigenvalue weighted by atomic mass is 10.1. The Hall–Kier alpha value is -1.40. The van der Waals surface area contributed by atoms with Gasteiger partial charge in [0, 0.05) is 17.6 Å². The summed E-state index contributed by atoms with van der Waals surface area (Å²) in [4.78, 5) is 20.4. The van der Waals surface area contributed by atoms with Crippen LogP contribution in [-0.2, 0) is 6.54 Å². The Labute approximate surface area is 109 Å². The van der Waals surface area contributed by atoms with Crippen molar-refractivity contribution in [3.8, 4) is 0 Å². The van der Waals surface area contributed by atoms with Crippen molar-refractivity contribution in [2.24, 2.45) is 0 Å². The number of rotatable bonds is 3. The number of nitrogens with zero attached hydrogens (tertiary/aromatic N) is 3. The Morgan fingerprint density at radius 3 is 2.78 bits per heavy atom. The number of thioether (sulfide) groups is 1. The Morgan fingerprint density at radius 2 is 2.17 bits per heavy atom. The van der Waals surface area contributed by atoms with E-state index in [1.54, 1.807) is 26.1 Å². The van der Waals surface area contributed by atoms with E-state index in [2.05, 4.69) is 9.97 Å². The third-order valence-electron chi connectivity index (χ3n) is 2.43. The molecule has 0 amide bonds. The van der Waals surface area contributed by atoms with E-state index in [-0.39, 0.29) is 12.1 Å². The fourth-order valence-corrected chi connectivity index (χ4v) is 2.03. The van der Waals surface area contributed by atoms with Crippen LogP contribution < -0.4 is 5.56 Å². The van der Waals surface area contributed by atoms with Gasteiger partial charge in [0.1, 0.15) is 5.65 Å². The second-order valence-electron chi connectivity index (χ2n) is 4.71. The van der Waals surface area contributed by atoms with E-state index >= 15 is 0 Å². The molecule has 0 radical (unpaired) electrons. The number of aromatic nitrogens is 3. The zero-order chi connectivity index (χ0) is 13.3. The minimum Gasteiger partial charge on any atom is -0.389 e. The Kier molecular flexibility index (Phi) is 3.41. The van der Waals surface area contributed by atoms with Gasteiger partial charge in [0.15, 0.2) is 5.16 Å². The molecule has 0 unspecified atom stereocenters. The monoisotopic (exact) mass is 265 g/mol. The number of fused-ring (bicyclic) bond motifs is 1. The van der Waals surface area contributed by atoms with Gasteiger partial charge < -0.3 is 5.11 Å². The van der Waals surface area contributed by atoms with E-state index in [1.165, 1.54) is 22.4 Å². The number of hydrogen-bond acceptors (Lipinski definition) is 5. The highest BCUT2D eigenvalue weighted by molar-refractivity contribution is 7.98. The number of pyridine rings is 1. The summed E-state index contributed by atoms with van der Waals surface area (Å²) in [5, 5.41) is 11.3. The van der Waals surface area contributed by atoms with Gasteiger partial charge in [0.2, 0.25) is 0 Å². The molecule has 0 fully saturated rings. The number of hydrogen-bond donors (Lipinski definition) is 1. The van der Waals surface area contributed by atoms with Crippen molar-refractivity contribution >= 4 is 22.8 Å². The van der Waals surface area contributed by atoms with E-state index in [1.807, 2.05) is 6.26 Å². The fraction of sp³-hybridized carbons (Fsp3) is 0.417. The maximum Gasteiger partial charge on any atom is 0.252 e. The second-order valence-corrected chi connectivity index (χ2v) is 5.48. The predicted octanol–water partition coefficient (Wildman–Crippen LogP) is 1.28. The Balaban J connectivity index is 2.68. The van der Waals surface area contributed by atoms with Gasteiger partial charge in [-0.25, -0.2) is 9.97 Å². The zero-order valence-electron chi connectivity index (χ0n) is 10.5. The molecule has 2 heterocycles. The fourth-order valence-electron chi connectivity index (χ4n) is 1.69. The first-order valence-corrected chi connectivity index (χ1v) is 6.76. The third kappa shape index (κ3) is 2.70. The van der Waals surface area contributed by atoms with Crippen molar-refractivity contribution in [1.29, 1.82) is 0 Å². The van der Waals surface area contributed by atoms with Crippen LogP contribution in [-0.4, -0.2) is 31.5 Å². The normalized spacial score (nSPS) is 12.0. The molecule has 2 rings (SSSR count). The average Bonchev–Trinajstić information content (AvgIpc) is 2.31. The van der Waals surface area contributed by atoms with Gasteiger partial charge in [-0.1, -0.05) is 11.8 Å². The molecule has 0 aliphatic carbocycles. The lowest BCUT2D eigenvalue weighted by molar-refractivity contribution is 0.0616. The molecule has 0 saturated heterocycles. The highest BCUT2D eigenvalue weighted by atomic mass is 32.2. The van der Waals surface area contributed by atoms with Crippen LogP contribution in [0.5, 0.6) is 0 Å². The highest BCUT2D eigenvalue weighted by Gasteiger charge is 2.16. The minimum atomic E-state index is -0.970. The van der Waals surface area contributed by atoms with E-state index in [4.69, 9.17) is 0 Å². The molecule has 0 bridgehead atoms. The standard InChI is InChI=1S/C12H15N3O2S/c1-12(2,17)7-15-9(16)5-4-8-6-13-11(18-3)14-10(8)15/h4-6,17H,7H2,1-3H3. The Bertz CT molecular complexity index is 631. The summed E-state index contributed by atoms with van der Waals surface area (Å²) in [5.41, 5.74) is -0.581. The molecule has 0 spiro atoms. The number of aliphatic hydroxyl groups is 1. The maximum atomic E-state index is 11.9. The van der Waals surface area contributed by atoms with Crippen LogP contribution in [0.4, 0.5) is 0 Å². The summed E-state index contributed by atoms with van der Waals surface area (Å²) in [6.07, 6.45) is 3.57. The van der Waals surface area contributed by atoms with Crippen LogP contribution in [0, 0.1) is 0 Å². The van der Waals surface area contributed by atoms with Gasteiger partial charge >= 0.3 is 0 Å².